The molecule has 1 aromatic rings. The SMILES string of the molecule is CN(Cc1ccccc1)C1(CN)CCCSC1. The smallest absolute Gasteiger partial charge is 0.0422 e. The number of nitrogens with two attached hydrogens (primary N) is 1. The fraction of sp³-hybridized carbons (Fsp3) is 0.571. The number of hydrogen-bond donors (Lipinski definition) is 1. The molecule has 2 rings (SSSR count). The van der Waals surface area contributed by atoms with Crippen molar-refractivity contribution in [3.05, 3.63) is 35.9 Å². The van der Waals surface area contributed by atoms with Gasteiger partial charge in [0.25, 0.3) is 0 Å². The number of hydrogen-bond acceptors (Lipinski definition) is 3. The highest BCUT2D eigenvalue weighted by Gasteiger charge is 2.34. The van der Waals surface area contributed by atoms with E-state index in [2.05, 4.69) is 42.3 Å². The van der Waals surface area contributed by atoms with Gasteiger partial charge in [-0.1, -0.05) is 30.3 Å². The molecule has 2 N–H and O–H groups in total. The lowest BCUT2D eigenvalue weighted by Crippen LogP contribution is -2.55. The Balaban J connectivity index is 2.04. The van der Waals surface area contributed by atoms with Gasteiger partial charge in [-0.2, -0.15) is 11.8 Å². The van der Waals surface area contributed by atoms with E-state index in [9.17, 15) is 0 Å². The number of thioether (sulfide) groups is 1. The van der Waals surface area contributed by atoms with Gasteiger partial charge in [0.2, 0.25) is 0 Å². The molecule has 17 heavy (non-hydrogen) atoms. The van der Waals surface area contributed by atoms with Crippen LogP contribution in [0.3, 0.4) is 0 Å². The third kappa shape index (κ3) is 3.03. The summed E-state index contributed by atoms with van der Waals surface area (Å²) >= 11 is 2.04. The highest BCUT2D eigenvalue weighted by Crippen LogP contribution is 2.31. The molecule has 1 unspecified atom stereocenters. The number of nitrogens with zero attached hydrogens (tertiary/aromatic N) is 1. The van der Waals surface area contributed by atoms with Crippen molar-refractivity contribution in [2.75, 3.05) is 25.1 Å². The maximum absolute atomic E-state index is 6.04. The Morgan fingerprint density at radius 1 is 1.35 bits per heavy atom. The second-order valence-electron chi connectivity index (χ2n) is 4.93. The number of benzene rings is 1. The molecular formula is C14H22N2S. The first kappa shape index (κ1) is 12.9. The highest BCUT2D eigenvalue weighted by atomic mass is 32.2. The summed E-state index contributed by atoms with van der Waals surface area (Å²) in [5.74, 6) is 2.47. The molecule has 1 fully saturated rings. The van der Waals surface area contributed by atoms with Gasteiger partial charge < -0.3 is 5.73 Å². The Bertz CT molecular complexity index is 333. The van der Waals surface area contributed by atoms with Crippen LogP contribution in [0, 0.1) is 0 Å². The van der Waals surface area contributed by atoms with Crippen molar-refractivity contribution in [2.45, 2.75) is 24.9 Å². The average molecular weight is 250 g/mol. The first-order valence-electron chi connectivity index (χ1n) is 6.30. The van der Waals surface area contributed by atoms with Crippen LogP contribution in [0.2, 0.25) is 0 Å². The normalized spacial score (nSPS) is 25.1. The largest absolute Gasteiger partial charge is 0.329 e. The van der Waals surface area contributed by atoms with Crippen LogP contribution < -0.4 is 5.73 Å². The van der Waals surface area contributed by atoms with E-state index in [-0.39, 0.29) is 5.54 Å². The van der Waals surface area contributed by atoms with Gasteiger partial charge in [-0.15, -0.1) is 0 Å². The van der Waals surface area contributed by atoms with E-state index < -0.39 is 0 Å². The molecule has 94 valence electrons. The lowest BCUT2D eigenvalue weighted by atomic mass is 9.93. The van der Waals surface area contributed by atoms with Crippen LogP contribution in [-0.2, 0) is 6.54 Å². The molecule has 0 amide bonds. The van der Waals surface area contributed by atoms with Gasteiger partial charge in [0, 0.05) is 24.4 Å². The molecule has 2 nitrogen and oxygen atoms in total. The molecule has 0 saturated carbocycles. The second kappa shape index (κ2) is 5.89. The minimum Gasteiger partial charge on any atom is -0.329 e. The molecule has 3 heteroatoms. The summed E-state index contributed by atoms with van der Waals surface area (Å²) in [5.41, 5.74) is 7.62. The Labute approximate surface area is 109 Å². The molecule has 1 aliphatic heterocycles. The van der Waals surface area contributed by atoms with Gasteiger partial charge in [0.1, 0.15) is 0 Å². The Kier molecular flexibility index (Phi) is 4.48. The average Bonchev–Trinajstić information content (AvgIpc) is 2.40. The number of rotatable bonds is 4. The van der Waals surface area contributed by atoms with Crippen LogP contribution in [0.1, 0.15) is 18.4 Å². The lowest BCUT2D eigenvalue weighted by Gasteiger charge is -2.43. The van der Waals surface area contributed by atoms with Crippen molar-refractivity contribution in [3.8, 4) is 0 Å². The van der Waals surface area contributed by atoms with E-state index in [0.29, 0.717) is 0 Å². The molecular weight excluding hydrogens is 228 g/mol. The molecule has 1 heterocycles. The van der Waals surface area contributed by atoms with E-state index in [0.717, 1.165) is 13.1 Å². The molecule has 1 aromatic carbocycles. The van der Waals surface area contributed by atoms with Crippen molar-refractivity contribution in [2.24, 2.45) is 5.73 Å². The standard InChI is InChI=1S/C14H22N2S/c1-16(10-13-6-3-2-4-7-13)14(11-15)8-5-9-17-12-14/h2-4,6-7H,5,8-12,15H2,1H3. The summed E-state index contributed by atoms with van der Waals surface area (Å²) in [6.07, 6.45) is 2.53. The first-order valence-corrected chi connectivity index (χ1v) is 7.45. The van der Waals surface area contributed by atoms with Crippen LogP contribution in [0.5, 0.6) is 0 Å². The van der Waals surface area contributed by atoms with Crippen LogP contribution >= 0.6 is 11.8 Å². The molecule has 0 aliphatic carbocycles. The van der Waals surface area contributed by atoms with E-state index >= 15 is 0 Å². The van der Waals surface area contributed by atoms with Gasteiger partial charge in [-0.3, -0.25) is 4.90 Å². The third-order valence-electron chi connectivity index (χ3n) is 3.75. The zero-order valence-electron chi connectivity index (χ0n) is 10.6. The van der Waals surface area contributed by atoms with E-state index in [4.69, 9.17) is 5.73 Å². The molecule has 1 atom stereocenters. The molecule has 1 aliphatic rings. The zero-order chi connectivity index (χ0) is 12.1. The minimum absolute atomic E-state index is 0.207. The maximum Gasteiger partial charge on any atom is 0.0422 e. The predicted molar refractivity (Wildman–Crippen MR) is 76.3 cm³/mol. The summed E-state index contributed by atoms with van der Waals surface area (Å²) in [7, 11) is 2.21. The minimum atomic E-state index is 0.207. The zero-order valence-corrected chi connectivity index (χ0v) is 11.4. The lowest BCUT2D eigenvalue weighted by molar-refractivity contribution is 0.127. The van der Waals surface area contributed by atoms with E-state index in [1.54, 1.807) is 0 Å². The quantitative estimate of drug-likeness (QED) is 0.889. The van der Waals surface area contributed by atoms with Gasteiger partial charge in [-0.05, 0) is 31.2 Å². The Morgan fingerprint density at radius 3 is 2.71 bits per heavy atom. The highest BCUT2D eigenvalue weighted by molar-refractivity contribution is 7.99. The summed E-state index contributed by atoms with van der Waals surface area (Å²) in [6.45, 7) is 1.77. The van der Waals surface area contributed by atoms with E-state index in [1.807, 2.05) is 11.8 Å². The third-order valence-corrected chi connectivity index (χ3v) is 5.07. The van der Waals surface area contributed by atoms with Crippen LogP contribution in [-0.4, -0.2) is 35.5 Å². The Morgan fingerprint density at radius 2 is 2.12 bits per heavy atom. The van der Waals surface area contributed by atoms with Crippen molar-refractivity contribution in [1.29, 1.82) is 0 Å². The van der Waals surface area contributed by atoms with Gasteiger partial charge in [-0.25, -0.2) is 0 Å². The topological polar surface area (TPSA) is 29.3 Å². The molecule has 0 bridgehead atoms. The first-order chi connectivity index (χ1) is 8.27. The summed E-state index contributed by atoms with van der Waals surface area (Å²) in [6, 6.07) is 10.7. The fourth-order valence-corrected chi connectivity index (χ4v) is 3.84. The second-order valence-corrected chi connectivity index (χ2v) is 6.03. The Hall–Kier alpha value is -0.510. The van der Waals surface area contributed by atoms with Crippen molar-refractivity contribution >= 4 is 11.8 Å². The van der Waals surface area contributed by atoms with Crippen LogP contribution in [0.25, 0.3) is 0 Å². The molecule has 1 saturated heterocycles. The van der Waals surface area contributed by atoms with Crippen LogP contribution in [0.4, 0.5) is 0 Å². The maximum atomic E-state index is 6.04. The summed E-state index contributed by atoms with van der Waals surface area (Å²) in [4.78, 5) is 2.45. The predicted octanol–water partition coefficient (Wildman–Crippen LogP) is 2.34. The number of likely N-dealkylation sites (N-methyl/N-ethyl adjacent to an activating group) is 1. The van der Waals surface area contributed by atoms with Crippen LogP contribution in [0.15, 0.2) is 30.3 Å². The molecule has 0 radical (unpaired) electrons. The summed E-state index contributed by atoms with van der Waals surface area (Å²) in [5, 5.41) is 0. The van der Waals surface area contributed by atoms with Gasteiger partial charge >= 0.3 is 0 Å². The van der Waals surface area contributed by atoms with Crippen molar-refractivity contribution < 1.29 is 0 Å². The van der Waals surface area contributed by atoms with Gasteiger partial charge in [0.15, 0.2) is 0 Å². The van der Waals surface area contributed by atoms with Crippen molar-refractivity contribution in [1.82, 2.24) is 4.90 Å². The van der Waals surface area contributed by atoms with Crippen molar-refractivity contribution in [3.63, 3.8) is 0 Å². The molecule has 0 aromatic heterocycles. The monoisotopic (exact) mass is 250 g/mol. The molecule has 0 spiro atoms. The van der Waals surface area contributed by atoms with Gasteiger partial charge in [0.05, 0.1) is 0 Å². The van der Waals surface area contributed by atoms with E-state index in [1.165, 1.54) is 29.9 Å². The summed E-state index contributed by atoms with van der Waals surface area (Å²) < 4.78 is 0. The fourth-order valence-electron chi connectivity index (χ4n) is 2.48.